The summed E-state index contributed by atoms with van der Waals surface area (Å²) in [6.45, 7) is 7.77. The molecule has 1 aliphatic heterocycles. The molecule has 1 saturated heterocycles. The van der Waals surface area contributed by atoms with Gasteiger partial charge >= 0.3 is 5.97 Å². The summed E-state index contributed by atoms with van der Waals surface area (Å²) in [6.07, 6.45) is 2.97. The van der Waals surface area contributed by atoms with E-state index < -0.39 is 39.7 Å². The number of aliphatic carboxylic acids is 1. The van der Waals surface area contributed by atoms with E-state index in [0.717, 1.165) is 24.2 Å². The van der Waals surface area contributed by atoms with E-state index in [2.05, 4.69) is 18.8 Å². The van der Waals surface area contributed by atoms with Crippen LogP contribution in [-0.4, -0.2) is 50.4 Å². The average Bonchev–Trinajstić information content (AvgIpc) is 2.38. The molecule has 2 N–H and O–H groups in total. The first-order valence-corrected chi connectivity index (χ1v) is 8.87. The SMILES string of the molecule is C=C(C)C(C(=O)O)N1C(=O)C(NCCCCC)C1[S+]([O-])Cl. The number of carbonyl (C=O) groups is 2. The molecule has 120 valence electrons. The molecular weight excluding hydrogens is 316 g/mol. The number of β-lactam (4-membered cyclic amide) rings is 1. The number of halogens is 1. The molecular formula is C13H21ClN2O4S. The summed E-state index contributed by atoms with van der Waals surface area (Å²) in [4.78, 5) is 24.5. The molecule has 0 aliphatic carbocycles. The van der Waals surface area contributed by atoms with Gasteiger partial charge in [-0.25, -0.2) is 4.79 Å². The first-order chi connectivity index (χ1) is 9.82. The Balaban J connectivity index is 2.77. The lowest BCUT2D eigenvalue weighted by Crippen LogP contribution is -2.75. The maximum absolute atomic E-state index is 12.2. The van der Waals surface area contributed by atoms with Crippen LogP contribution in [0.15, 0.2) is 12.2 Å². The Bertz CT molecular complexity index is 405. The minimum atomic E-state index is -1.85. The van der Waals surface area contributed by atoms with E-state index in [9.17, 15) is 19.2 Å². The molecule has 1 heterocycles. The van der Waals surface area contributed by atoms with Gasteiger partial charge in [0.15, 0.2) is 22.8 Å². The summed E-state index contributed by atoms with van der Waals surface area (Å²) in [5, 5.41) is 11.4. The van der Waals surface area contributed by atoms with Crippen molar-refractivity contribution in [2.24, 2.45) is 0 Å². The number of amides is 1. The number of rotatable bonds is 9. The van der Waals surface area contributed by atoms with Crippen molar-refractivity contribution in [1.82, 2.24) is 10.2 Å². The van der Waals surface area contributed by atoms with Gasteiger partial charge in [0.2, 0.25) is 5.37 Å². The number of hydrogen-bond donors (Lipinski definition) is 2. The summed E-state index contributed by atoms with van der Waals surface area (Å²) in [7, 11) is 3.79. The van der Waals surface area contributed by atoms with Crippen molar-refractivity contribution in [3.8, 4) is 0 Å². The molecule has 8 heteroatoms. The molecule has 1 rings (SSSR count). The predicted octanol–water partition coefficient (Wildman–Crippen LogP) is 1.23. The van der Waals surface area contributed by atoms with E-state index in [-0.39, 0.29) is 0 Å². The highest BCUT2D eigenvalue weighted by Crippen LogP contribution is 2.32. The fraction of sp³-hybridized carbons (Fsp3) is 0.692. The largest absolute Gasteiger partial charge is 0.597 e. The maximum atomic E-state index is 12.2. The summed E-state index contributed by atoms with van der Waals surface area (Å²) in [6, 6.07) is -1.89. The smallest absolute Gasteiger partial charge is 0.330 e. The summed E-state index contributed by atoms with van der Waals surface area (Å²) < 4.78 is 11.7. The zero-order chi connectivity index (χ0) is 16.2. The molecule has 0 aromatic rings. The van der Waals surface area contributed by atoms with Crippen LogP contribution in [-0.2, 0) is 20.0 Å². The van der Waals surface area contributed by atoms with Gasteiger partial charge in [0.25, 0.3) is 5.91 Å². The molecule has 21 heavy (non-hydrogen) atoms. The third-order valence-corrected chi connectivity index (χ3v) is 4.82. The third-order valence-electron chi connectivity index (χ3n) is 3.39. The number of likely N-dealkylation sites (tertiary alicyclic amines) is 1. The third kappa shape index (κ3) is 4.12. The van der Waals surface area contributed by atoms with E-state index in [4.69, 9.17) is 10.7 Å². The standard InChI is InChI=1S/C13H21ClN2O4S/c1-4-5-6-7-15-9-11(17)16(12(9)21(14)20)10(8(2)3)13(18)19/h9-10,12,15H,2,4-7H2,1,3H3,(H,18,19). The van der Waals surface area contributed by atoms with Gasteiger partial charge in [-0.05, 0) is 25.5 Å². The molecule has 0 bridgehead atoms. The van der Waals surface area contributed by atoms with E-state index in [1.165, 1.54) is 6.92 Å². The molecule has 4 unspecified atom stereocenters. The highest BCUT2D eigenvalue weighted by molar-refractivity contribution is 8.14. The second-order valence-corrected chi connectivity index (χ2v) is 7.00. The van der Waals surface area contributed by atoms with Gasteiger partial charge in [-0.3, -0.25) is 15.0 Å². The predicted molar refractivity (Wildman–Crippen MR) is 82.2 cm³/mol. The molecule has 0 radical (unpaired) electrons. The molecule has 0 aromatic heterocycles. The fourth-order valence-electron chi connectivity index (χ4n) is 2.34. The highest BCUT2D eigenvalue weighted by Gasteiger charge is 2.58. The molecule has 0 spiro atoms. The Morgan fingerprint density at radius 3 is 2.67 bits per heavy atom. The van der Waals surface area contributed by atoms with E-state index in [0.29, 0.717) is 12.1 Å². The summed E-state index contributed by atoms with van der Waals surface area (Å²) in [5.41, 5.74) is 0.299. The molecule has 1 amide bonds. The number of nitrogens with zero attached hydrogens (tertiary/aromatic N) is 1. The lowest BCUT2D eigenvalue weighted by Gasteiger charge is -2.46. The first-order valence-electron chi connectivity index (χ1n) is 6.83. The molecule has 0 aromatic carbocycles. The molecule has 0 saturated carbocycles. The van der Waals surface area contributed by atoms with E-state index in [1.54, 1.807) is 0 Å². The van der Waals surface area contributed by atoms with Crippen molar-refractivity contribution >= 4 is 32.9 Å². The Hall–Kier alpha value is -0.760. The Labute approximate surface area is 132 Å². The monoisotopic (exact) mass is 336 g/mol. The quantitative estimate of drug-likeness (QED) is 0.286. The Morgan fingerprint density at radius 2 is 2.24 bits per heavy atom. The van der Waals surface area contributed by atoms with Crippen LogP contribution < -0.4 is 5.32 Å². The van der Waals surface area contributed by atoms with Crippen LogP contribution in [0.2, 0.25) is 0 Å². The number of carbonyl (C=O) groups excluding carboxylic acids is 1. The van der Waals surface area contributed by atoms with Gasteiger partial charge in [0, 0.05) is 0 Å². The van der Waals surface area contributed by atoms with Gasteiger partial charge in [0.1, 0.15) is 0 Å². The zero-order valence-corrected chi connectivity index (χ0v) is 13.7. The van der Waals surface area contributed by atoms with Crippen molar-refractivity contribution in [2.75, 3.05) is 6.54 Å². The van der Waals surface area contributed by atoms with Gasteiger partial charge in [-0.2, -0.15) is 0 Å². The van der Waals surface area contributed by atoms with Crippen LogP contribution in [0, 0.1) is 0 Å². The molecule has 1 aliphatic rings. The van der Waals surface area contributed by atoms with Gasteiger partial charge < -0.3 is 9.66 Å². The maximum Gasteiger partial charge on any atom is 0.330 e. The average molecular weight is 337 g/mol. The molecule has 6 nitrogen and oxygen atoms in total. The normalized spacial score (nSPS) is 24.4. The van der Waals surface area contributed by atoms with Crippen LogP contribution in [0.5, 0.6) is 0 Å². The van der Waals surface area contributed by atoms with Gasteiger partial charge in [-0.1, -0.05) is 26.3 Å². The number of carboxylic acids is 1. The van der Waals surface area contributed by atoms with Crippen molar-refractivity contribution in [1.29, 1.82) is 0 Å². The van der Waals surface area contributed by atoms with Crippen molar-refractivity contribution in [3.05, 3.63) is 12.2 Å². The number of carboxylic acid groups (broad SMARTS) is 1. The summed E-state index contributed by atoms with van der Waals surface area (Å²) >= 11 is 0. The minimum Gasteiger partial charge on any atom is -0.597 e. The van der Waals surface area contributed by atoms with Crippen molar-refractivity contribution in [2.45, 2.75) is 50.6 Å². The van der Waals surface area contributed by atoms with Crippen LogP contribution >= 0.6 is 10.7 Å². The van der Waals surface area contributed by atoms with Crippen LogP contribution in [0.1, 0.15) is 33.1 Å². The fourth-order valence-corrected chi connectivity index (χ4v) is 3.74. The number of unbranched alkanes of at least 4 members (excludes halogenated alkanes) is 2. The number of nitrogens with one attached hydrogen (secondary N) is 1. The van der Waals surface area contributed by atoms with Crippen LogP contribution in [0.25, 0.3) is 0 Å². The Kier molecular flexibility index (Phi) is 6.99. The first kappa shape index (κ1) is 18.3. The minimum absolute atomic E-state index is 0.299. The second-order valence-electron chi connectivity index (χ2n) is 5.11. The lowest BCUT2D eigenvalue weighted by molar-refractivity contribution is -0.159. The highest BCUT2D eigenvalue weighted by atomic mass is 35.7. The van der Waals surface area contributed by atoms with Crippen LogP contribution in [0.3, 0.4) is 0 Å². The van der Waals surface area contributed by atoms with E-state index in [1.807, 2.05) is 0 Å². The van der Waals surface area contributed by atoms with Crippen molar-refractivity contribution in [3.63, 3.8) is 0 Å². The zero-order valence-electron chi connectivity index (χ0n) is 12.2. The Morgan fingerprint density at radius 1 is 1.62 bits per heavy atom. The topological polar surface area (TPSA) is 92.7 Å². The lowest BCUT2D eigenvalue weighted by atomic mass is 9.99. The summed E-state index contributed by atoms with van der Waals surface area (Å²) in [5.74, 6) is -1.60. The van der Waals surface area contributed by atoms with Crippen LogP contribution in [0.4, 0.5) is 0 Å². The molecule has 4 atom stereocenters. The number of hydrogen-bond acceptors (Lipinski definition) is 4. The van der Waals surface area contributed by atoms with Gasteiger partial charge in [-0.15, -0.1) is 0 Å². The van der Waals surface area contributed by atoms with Crippen molar-refractivity contribution < 1.29 is 19.2 Å². The van der Waals surface area contributed by atoms with Gasteiger partial charge in [0.05, 0.1) is 10.4 Å². The second kappa shape index (κ2) is 8.03. The van der Waals surface area contributed by atoms with E-state index >= 15 is 0 Å². The molecule has 1 fully saturated rings.